The minimum absolute atomic E-state index is 0. The van der Waals surface area contributed by atoms with Crippen molar-refractivity contribution >= 4 is 0 Å². The molecule has 1 aromatic rings. The average molecular weight is 293 g/mol. The molecule has 0 aromatic heterocycles. The Balaban J connectivity index is 0.00000289. The van der Waals surface area contributed by atoms with Crippen LogP contribution in [0.5, 0.6) is 11.5 Å². The van der Waals surface area contributed by atoms with Gasteiger partial charge in [-0.05, 0) is 31.7 Å². The van der Waals surface area contributed by atoms with Crippen molar-refractivity contribution < 1.29 is 26.7 Å². The number of unbranched alkanes of at least 4 members (excludes halogenated alkanes) is 2. The van der Waals surface area contributed by atoms with Crippen molar-refractivity contribution in [2.45, 2.75) is 59.3 Å². The van der Waals surface area contributed by atoms with Gasteiger partial charge in [0.05, 0.1) is 0 Å². The number of rotatable bonds is 6. The normalized spacial score (nSPS) is 10.2. The van der Waals surface area contributed by atoms with E-state index in [0.29, 0.717) is 5.56 Å². The molecule has 0 bridgehead atoms. The Kier molecular flexibility index (Phi) is 8.10. The predicted octanol–water partition coefficient (Wildman–Crippen LogP) is 2.82. The quantitative estimate of drug-likeness (QED) is 0.598. The van der Waals surface area contributed by atoms with Crippen molar-refractivity contribution in [3.63, 3.8) is 0 Å². The summed E-state index contributed by atoms with van der Waals surface area (Å²) in [5.74, 6) is -0.569. The van der Waals surface area contributed by atoms with E-state index in [-0.39, 0.29) is 28.0 Å². The molecule has 0 aliphatic rings. The molecule has 0 radical (unpaired) electrons. The van der Waals surface area contributed by atoms with Gasteiger partial charge in [0, 0.05) is 0 Å². The Labute approximate surface area is 120 Å². The van der Waals surface area contributed by atoms with Crippen LogP contribution in [0.3, 0.4) is 0 Å². The minimum Gasteiger partial charge on any atom is -0.873 e. The van der Waals surface area contributed by atoms with E-state index >= 15 is 0 Å². The first-order valence-corrected chi connectivity index (χ1v) is 6.61. The van der Waals surface area contributed by atoms with Crippen molar-refractivity contribution in [2.75, 3.05) is 0 Å². The fourth-order valence-electron chi connectivity index (χ4n) is 2.19. The van der Waals surface area contributed by atoms with E-state index in [1.165, 1.54) is 0 Å². The Morgan fingerprint density at radius 3 is 2.17 bits per heavy atom. The number of hydrogen-bond donors (Lipinski definition) is 0. The molecular formula is C15H22NiO2. The van der Waals surface area contributed by atoms with Gasteiger partial charge in [-0.3, -0.25) is 0 Å². The van der Waals surface area contributed by atoms with Crippen molar-refractivity contribution in [1.82, 2.24) is 0 Å². The van der Waals surface area contributed by atoms with Crippen LogP contribution in [0.2, 0.25) is 0 Å². The smallest absolute Gasteiger partial charge is 0.873 e. The summed E-state index contributed by atoms with van der Waals surface area (Å²) in [4.78, 5) is 0. The summed E-state index contributed by atoms with van der Waals surface area (Å²) in [5.41, 5.74) is 2.46. The van der Waals surface area contributed by atoms with E-state index in [9.17, 15) is 10.2 Å². The van der Waals surface area contributed by atoms with E-state index < -0.39 is 0 Å². The zero-order valence-electron chi connectivity index (χ0n) is 11.5. The standard InChI is InChI=1S/C15H24O2.Ni/c1-4-6-7-9-13-12(8-5-2)10-11(3)14(16)15(13)17;/h10,16-17H,4-9H2,1-3H3;/q;+2/p-2. The largest absolute Gasteiger partial charge is 2.00 e. The zero-order valence-corrected chi connectivity index (χ0v) is 12.4. The first-order valence-electron chi connectivity index (χ1n) is 6.61. The van der Waals surface area contributed by atoms with Crippen molar-refractivity contribution in [1.29, 1.82) is 0 Å². The van der Waals surface area contributed by atoms with Gasteiger partial charge in [0.2, 0.25) is 0 Å². The van der Waals surface area contributed by atoms with Crippen LogP contribution in [-0.4, -0.2) is 0 Å². The molecule has 0 aliphatic carbocycles. The van der Waals surface area contributed by atoms with Gasteiger partial charge in [-0.2, -0.15) is 0 Å². The van der Waals surface area contributed by atoms with E-state index in [0.717, 1.165) is 49.7 Å². The average Bonchev–Trinajstić information content (AvgIpc) is 2.31. The van der Waals surface area contributed by atoms with Gasteiger partial charge >= 0.3 is 16.5 Å². The summed E-state index contributed by atoms with van der Waals surface area (Å²) in [6.45, 7) is 5.97. The molecule has 3 heteroatoms. The molecule has 0 saturated carbocycles. The van der Waals surface area contributed by atoms with E-state index in [2.05, 4.69) is 13.8 Å². The second kappa shape index (κ2) is 8.42. The Bertz CT molecular complexity index is 375. The Hall–Kier alpha value is -0.686. The van der Waals surface area contributed by atoms with E-state index in [1.807, 2.05) is 6.07 Å². The molecule has 1 aromatic carbocycles. The molecule has 0 heterocycles. The Morgan fingerprint density at radius 2 is 1.61 bits per heavy atom. The van der Waals surface area contributed by atoms with Crippen molar-refractivity contribution in [2.24, 2.45) is 0 Å². The third-order valence-corrected chi connectivity index (χ3v) is 3.17. The summed E-state index contributed by atoms with van der Waals surface area (Å²) in [6.07, 6.45) is 5.93. The zero-order chi connectivity index (χ0) is 12.8. The second-order valence-corrected chi connectivity index (χ2v) is 4.70. The monoisotopic (exact) mass is 292 g/mol. The first kappa shape index (κ1) is 17.3. The van der Waals surface area contributed by atoms with Crippen LogP contribution in [0, 0.1) is 6.92 Å². The predicted molar refractivity (Wildman–Crippen MR) is 67.3 cm³/mol. The summed E-state index contributed by atoms with van der Waals surface area (Å²) >= 11 is 0. The molecule has 0 spiro atoms. The van der Waals surface area contributed by atoms with Crippen LogP contribution in [0.25, 0.3) is 0 Å². The minimum atomic E-state index is -0.309. The van der Waals surface area contributed by atoms with Gasteiger partial charge in [0.1, 0.15) is 0 Å². The van der Waals surface area contributed by atoms with Crippen molar-refractivity contribution in [3.8, 4) is 11.5 Å². The molecular weight excluding hydrogens is 271 g/mol. The summed E-state index contributed by atoms with van der Waals surface area (Å²) in [7, 11) is 0. The summed E-state index contributed by atoms with van der Waals surface area (Å²) in [5, 5.41) is 23.6. The molecule has 18 heavy (non-hydrogen) atoms. The molecule has 0 amide bonds. The molecule has 0 aliphatic heterocycles. The maximum Gasteiger partial charge on any atom is 2.00 e. The third kappa shape index (κ3) is 4.21. The van der Waals surface area contributed by atoms with Crippen LogP contribution < -0.4 is 10.2 Å². The van der Waals surface area contributed by atoms with Gasteiger partial charge in [0.15, 0.2) is 0 Å². The van der Waals surface area contributed by atoms with Gasteiger partial charge in [0.25, 0.3) is 0 Å². The molecule has 0 unspecified atom stereocenters. The fourth-order valence-corrected chi connectivity index (χ4v) is 2.19. The first-order chi connectivity index (χ1) is 8.11. The summed E-state index contributed by atoms with van der Waals surface area (Å²) < 4.78 is 0. The number of aryl methyl sites for hydroxylation is 2. The maximum atomic E-state index is 12.0. The SMILES string of the molecule is CCCCCc1c(CCC)cc(C)c([O-])c1[O-].[Ni+2]. The molecule has 0 saturated heterocycles. The van der Waals surface area contributed by atoms with Gasteiger partial charge in [-0.1, -0.05) is 50.3 Å². The fraction of sp³-hybridized carbons (Fsp3) is 0.600. The van der Waals surface area contributed by atoms with Crippen LogP contribution in [0.15, 0.2) is 6.07 Å². The van der Waals surface area contributed by atoms with E-state index in [1.54, 1.807) is 6.92 Å². The maximum absolute atomic E-state index is 12.0. The second-order valence-electron chi connectivity index (χ2n) is 4.70. The van der Waals surface area contributed by atoms with Crippen LogP contribution >= 0.6 is 0 Å². The summed E-state index contributed by atoms with van der Waals surface area (Å²) in [6, 6.07) is 1.91. The number of benzene rings is 1. The van der Waals surface area contributed by atoms with Crippen LogP contribution in [0.4, 0.5) is 0 Å². The van der Waals surface area contributed by atoms with Crippen LogP contribution in [0.1, 0.15) is 56.2 Å². The Morgan fingerprint density at radius 1 is 0.944 bits per heavy atom. The van der Waals surface area contributed by atoms with Gasteiger partial charge in [-0.15, -0.1) is 11.5 Å². The topological polar surface area (TPSA) is 46.1 Å². The molecule has 2 nitrogen and oxygen atoms in total. The molecule has 104 valence electrons. The molecule has 0 fully saturated rings. The van der Waals surface area contributed by atoms with Crippen molar-refractivity contribution in [3.05, 3.63) is 22.8 Å². The molecule has 0 atom stereocenters. The number of hydrogen-bond acceptors (Lipinski definition) is 2. The third-order valence-electron chi connectivity index (χ3n) is 3.17. The van der Waals surface area contributed by atoms with Gasteiger partial charge < -0.3 is 10.2 Å². The van der Waals surface area contributed by atoms with E-state index in [4.69, 9.17) is 0 Å². The molecule has 1 rings (SSSR count). The molecule has 0 N–H and O–H groups in total. The van der Waals surface area contributed by atoms with Gasteiger partial charge in [-0.25, -0.2) is 0 Å². The van der Waals surface area contributed by atoms with Crippen LogP contribution in [-0.2, 0) is 29.3 Å².